The molecule has 0 bridgehead atoms. The molecule has 4 fully saturated rings. The van der Waals surface area contributed by atoms with E-state index in [0.29, 0.717) is 51.9 Å². The highest BCUT2D eigenvalue weighted by Gasteiger charge is 2.58. The van der Waals surface area contributed by atoms with Crippen LogP contribution < -0.4 is 0 Å². The Labute approximate surface area is 241 Å². The van der Waals surface area contributed by atoms with Crippen LogP contribution in [-0.2, 0) is 23.8 Å². The molecule has 1 unspecified atom stereocenters. The second-order valence-electron chi connectivity index (χ2n) is 14.3. The van der Waals surface area contributed by atoms with Gasteiger partial charge in [-0.2, -0.15) is 13.2 Å². The number of carbonyl (C=O) groups excluding carboxylic acids is 3. The Kier molecular flexibility index (Phi) is 8.45. The summed E-state index contributed by atoms with van der Waals surface area (Å²) in [5.74, 6) is -2.02. The summed E-state index contributed by atoms with van der Waals surface area (Å²) in [7, 11) is 0. The topological polar surface area (TPSA) is 88.6 Å². The Morgan fingerprint density at radius 3 is 2.05 bits per heavy atom. The summed E-state index contributed by atoms with van der Waals surface area (Å²) in [5, 5.41) is 0. The summed E-state index contributed by atoms with van der Waals surface area (Å²) in [6.45, 7) is 14.6. The quantitative estimate of drug-likeness (QED) is 0.421. The van der Waals surface area contributed by atoms with Crippen molar-refractivity contribution in [3.8, 4) is 0 Å². The number of rotatable bonds is 6. The zero-order chi connectivity index (χ0) is 30.6. The lowest BCUT2D eigenvalue weighted by Gasteiger charge is -2.57. The minimum absolute atomic E-state index is 0.0875. The van der Waals surface area contributed by atoms with Crippen LogP contribution in [0.2, 0.25) is 0 Å². The zero-order valence-corrected chi connectivity index (χ0v) is 25.4. The molecule has 3 heterocycles. The Balaban J connectivity index is 1.43. The molecule has 2 amide bonds. The number of amides is 2. The van der Waals surface area contributed by atoms with Gasteiger partial charge in [0.1, 0.15) is 11.2 Å². The van der Waals surface area contributed by atoms with E-state index in [0.717, 1.165) is 11.3 Å². The van der Waals surface area contributed by atoms with Crippen LogP contribution in [0.15, 0.2) is 0 Å². The highest BCUT2D eigenvalue weighted by Crippen LogP contribution is 2.47. The van der Waals surface area contributed by atoms with Crippen LogP contribution in [0.5, 0.6) is 0 Å². The van der Waals surface area contributed by atoms with Crippen LogP contribution in [-0.4, -0.2) is 106 Å². The van der Waals surface area contributed by atoms with Crippen molar-refractivity contribution in [2.75, 3.05) is 32.8 Å². The molecule has 3 atom stereocenters. The van der Waals surface area contributed by atoms with E-state index in [9.17, 15) is 27.6 Å². The van der Waals surface area contributed by atoms with Crippen molar-refractivity contribution < 1.29 is 41.8 Å². The lowest BCUT2D eigenvalue weighted by molar-refractivity contribution is -0.188. The normalized spacial score (nSPS) is 27.8. The lowest BCUT2D eigenvalue weighted by Crippen LogP contribution is -2.73. The molecular weight excluding hydrogens is 543 g/mol. The minimum Gasteiger partial charge on any atom is -0.460 e. The van der Waals surface area contributed by atoms with Crippen LogP contribution in [0.25, 0.3) is 0 Å². The summed E-state index contributed by atoms with van der Waals surface area (Å²) in [4.78, 5) is 42.9. The number of carbonyl (C=O) groups is 3. The average Bonchev–Trinajstić information content (AvgIpc) is 3.46. The molecule has 1 saturated carbocycles. The van der Waals surface area contributed by atoms with Gasteiger partial charge < -0.3 is 24.0 Å². The van der Waals surface area contributed by atoms with E-state index in [1.165, 1.54) is 0 Å². The zero-order valence-electron chi connectivity index (χ0n) is 25.4. The second-order valence-corrected chi connectivity index (χ2v) is 14.3. The Morgan fingerprint density at radius 2 is 1.56 bits per heavy atom. The van der Waals surface area contributed by atoms with Gasteiger partial charge in [0, 0.05) is 32.2 Å². The number of alkyl halides is 3. The van der Waals surface area contributed by atoms with Gasteiger partial charge in [0.2, 0.25) is 0 Å². The molecule has 12 heteroatoms. The van der Waals surface area contributed by atoms with Gasteiger partial charge in [-0.1, -0.05) is 13.3 Å². The van der Waals surface area contributed by atoms with E-state index in [1.807, 2.05) is 6.92 Å². The molecule has 3 aliphatic heterocycles. The number of nitrogens with zero attached hydrogens (tertiary/aromatic N) is 3. The first-order chi connectivity index (χ1) is 18.8. The third-order valence-electron chi connectivity index (χ3n) is 8.69. The molecule has 0 aromatic carbocycles. The van der Waals surface area contributed by atoms with E-state index < -0.39 is 46.6 Å². The van der Waals surface area contributed by atoms with Gasteiger partial charge in [-0.3, -0.25) is 14.5 Å². The lowest BCUT2D eigenvalue weighted by atomic mass is 9.79. The van der Waals surface area contributed by atoms with Crippen molar-refractivity contribution in [2.24, 2.45) is 5.92 Å². The Hall–Kier alpha value is -2.08. The molecular formula is C29H46F3N3O6. The van der Waals surface area contributed by atoms with Gasteiger partial charge in [0.25, 0.3) is 0 Å². The van der Waals surface area contributed by atoms with Gasteiger partial charge in [0.15, 0.2) is 0 Å². The standard InChI is InChI=1S/C29H46F3N3O6/c1-8-19-13-21(19)35(23(37)29(30,31)32)20-14-28(39-16-20)9-11-34(12-10-28)27(15-22(36)40-25(2,3)4)17-33(18-27)24(38)41-26(5,6)7/h19-21H,8-18H2,1-7H3/t19-,20?,21-/m1/s1. The highest BCUT2D eigenvalue weighted by molar-refractivity contribution is 5.83. The predicted molar refractivity (Wildman–Crippen MR) is 144 cm³/mol. The van der Waals surface area contributed by atoms with Crippen LogP contribution >= 0.6 is 0 Å². The fourth-order valence-corrected chi connectivity index (χ4v) is 6.67. The van der Waals surface area contributed by atoms with Gasteiger partial charge in [-0.15, -0.1) is 0 Å². The first-order valence-electron chi connectivity index (χ1n) is 14.7. The predicted octanol–water partition coefficient (Wildman–Crippen LogP) is 4.52. The first-order valence-corrected chi connectivity index (χ1v) is 14.7. The number of likely N-dealkylation sites (tertiary alicyclic amines) is 2. The number of hydrogen-bond acceptors (Lipinski definition) is 7. The number of esters is 1. The fourth-order valence-electron chi connectivity index (χ4n) is 6.67. The molecule has 4 rings (SSSR count). The van der Waals surface area contributed by atoms with Crippen LogP contribution in [0.4, 0.5) is 18.0 Å². The molecule has 4 aliphatic rings. The third kappa shape index (κ3) is 7.29. The maximum absolute atomic E-state index is 13.5. The van der Waals surface area contributed by atoms with E-state index in [-0.39, 0.29) is 31.0 Å². The maximum atomic E-state index is 13.5. The van der Waals surface area contributed by atoms with Crippen molar-refractivity contribution in [1.29, 1.82) is 0 Å². The fraction of sp³-hybridized carbons (Fsp3) is 0.897. The summed E-state index contributed by atoms with van der Waals surface area (Å²) in [6, 6.07) is -0.997. The number of hydrogen-bond donors (Lipinski definition) is 0. The monoisotopic (exact) mass is 589 g/mol. The molecule has 1 spiro atoms. The van der Waals surface area contributed by atoms with Crippen LogP contribution in [0, 0.1) is 5.92 Å². The number of ether oxygens (including phenoxy) is 3. The molecule has 0 N–H and O–H groups in total. The van der Waals surface area contributed by atoms with Gasteiger partial charge in [0.05, 0.1) is 30.2 Å². The van der Waals surface area contributed by atoms with Gasteiger partial charge >= 0.3 is 24.1 Å². The van der Waals surface area contributed by atoms with Crippen molar-refractivity contribution in [3.63, 3.8) is 0 Å². The van der Waals surface area contributed by atoms with Crippen molar-refractivity contribution in [2.45, 2.75) is 128 Å². The SMILES string of the molecule is CC[C@@H]1C[C@H]1N(C(=O)C(F)(F)F)C1COC2(CCN(C3(CC(=O)OC(C)(C)C)CN(C(=O)OC(C)(C)C)C3)CC2)C1. The Bertz CT molecular complexity index is 1010. The molecule has 9 nitrogen and oxygen atoms in total. The van der Waals surface area contributed by atoms with Crippen molar-refractivity contribution in [1.82, 2.24) is 14.7 Å². The van der Waals surface area contributed by atoms with Gasteiger partial charge in [-0.05, 0) is 73.1 Å². The number of halogens is 3. The third-order valence-corrected chi connectivity index (χ3v) is 8.69. The Morgan fingerprint density at radius 1 is 0.976 bits per heavy atom. The summed E-state index contributed by atoms with van der Waals surface area (Å²) >= 11 is 0. The molecule has 0 radical (unpaired) electrons. The van der Waals surface area contributed by atoms with E-state index in [4.69, 9.17) is 14.2 Å². The second kappa shape index (κ2) is 10.9. The molecule has 1 aliphatic carbocycles. The molecule has 3 saturated heterocycles. The largest absolute Gasteiger partial charge is 0.471 e. The van der Waals surface area contributed by atoms with Crippen LogP contribution in [0.1, 0.15) is 87.0 Å². The van der Waals surface area contributed by atoms with Crippen molar-refractivity contribution >= 4 is 18.0 Å². The van der Waals surface area contributed by atoms with E-state index in [2.05, 4.69) is 4.90 Å². The van der Waals surface area contributed by atoms with E-state index >= 15 is 0 Å². The number of piperidine rings is 1. The summed E-state index contributed by atoms with van der Waals surface area (Å²) in [5.41, 5.74) is -2.54. The molecule has 234 valence electrons. The van der Waals surface area contributed by atoms with Crippen LogP contribution in [0.3, 0.4) is 0 Å². The molecule has 41 heavy (non-hydrogen) atoms. The molecule has 0 aromatic rings. The first kappa shape index (κ1) is 31.8. The minimum atomic E-state index is -4.92. The maximum Gasteiger partial charge on any atom is 0.471 e. The molecule has 0 aromatic heterocycles. The van der Waals surface area contributed by atoms with E-state index in [1.54, 1.807) is 46.4 Å². The van der Waals surface area contributed by atoms with Crippen molar-refractivity contribution in [3.05, 3.63) is 0 Å². The average molecular weight is 590 g/mol. The highest BCUT2D eigenvalue weighted by atomic mass is 19.4. The summed E-state index contributed by atoms with van der Waals surface area (Å²) in [6.07, 6.45) is -2.45. The van der Waals surface area contributed by atoms with Gasteiger partial charge in [-0.25, -0.2) is 4.79 Å². The summed E-state index contributed by atoms with van der Waals surface area (Å²) < 4.78 is 57.8. The smallest absolute Gasteiger partial charge is 0.460 e.